The molecule has 0 fully saturated rings. The number of pyridine rings is 1. The molecule has 1 aliphatic rings. The Balaban J connectivity index is 2.29. The monoisotopic (exact) mass is 385 g/mol. The Labute approximate surface area is 160 Å². The van der Waals surface area contributed by atoms with Gasteiger partial charge in [-0.15, -0.1) is 0 Å². The van der Waals surface area contributed by atoms with Gasteiger partial charge in [0.05, 0.1) is 31.2 Å². The lowest BCUT2D eigenvalue weighted by Crippen LogP contribution is -2.25. The number of hydrogen-bond donors (Lipinski definition) is 1. The smallest absolute Gasteiger partial charge is 0.338 e. The number of carbonyl (C=O) groups excluding carboxylic acids is 1. The van der Waals surface area contributed by atoms with E-state index in [1.807, 2.05) is 6.07 Å². The van der Waals surface area contributed by atoms with Crippen molar-refractivity contribution in [2.24, 2.45) is 5.73 Å². The number of halogens is 1. The molecular formula is C19H16ClN3O4. The third-order valence-corrected chi connectivity index (χ3v) is 4.63. The lowest BCUT2D eigenvalue weighted by atomic mass is 9.83. The third-order valence-electron chi connectivity index (χ3n) is 4.32. The molecule has 0 bridgehead atoms. The number of aromatic nitrogens is 1. The predicted octanol–water partition coefficient (Wildman–Crippen LogP) is 3.15. The van der Waals surface area contributed by atoms with Crippen molar-refractivity contribution < 1.29 is 19.0 Å². The lowest BCUT2D eigenvalue weighted by molar-refractivity contribution is -0.136. The van der Waals surface area contributed by atoms with E-state index in [0.717, 1.165) is 5.39 Å². The highest BCUT2D eigenvalue weighted by Gasteiger charge is 2.37. The van der Waals surface area contributed by atoms with Gasteiger partial charge in [-0.25, -0.2) is 9.78 Å². The van der Waals surface area contributed by atoms with Crippen LogP contribution in [0.5, 0.6) is 5.75 Å². The number of allylic oxidation sites excluding steroid dienone is 2. The molecule has 1 aliphatic heterocycles. The molecule has 2 aromatic rings. The number of esters is 1. The summed E-state index contributed by atoms with van der Waals surface area (Å²) in [7, 11) is 2.81. The number of nitrogens with two attached hydrogens (primary N) is 1. The van der Waals surface area contributed by atoms with E-state index in [2.05, 4.69) is 4.98 Å². The van der Waals surface area contributed by atoms with Crippen molar-refractivity contribution in [2.45, 2.75) is 12.8 Å². The number of nitrogens with zero attached hydrogens (tertiary/aromatic N) is 2. The van der Waals surface area contributed by atoms with Crippen LogP contribution in [0.25, 0.3) is 10.9 Å². The highest BCUT2D eigenvalue weighted by Crippen LogP contribution is 2.42. The van der Waals surface area contributed by atoms with Crippen LogP contribution < -0.4 is 10.5 Å². The molecule has 0 amide bonds. The zero-order valence-corrected chi connectivity index (χ0v) is 15.6. The topological polar surface area (TPSA) is 107 Å². The predicted molar refractivity (Wildman–Crippen MR) is 98.7 cm³/mol. The Bertz CT molecular complexity index is 1050. The van der Waals surface area contributed by atoms with Crippen molar-refractivity contribution in [2.75, 3.05) is 14.2 Å². The van der Waals surface area contributed by atoms with Crippen molar-refractivity contribution in [1.82, 2.24) is 4.98 Å². The molecule has 0 saturated carbocycles. The molecule has 2 heterocycles. The van der Waals surface area contributed by atoms with Gasteiger partial charge >= 0.3 is 5.97 Å². The molecule has 7 nitrogen and oxygen atoms in total. The van der Waals surface area contributed by atoms with Gasteiger partial charge in [-0.3, -0.25) is 0 Å². The lowest BCUT2D eigenvalue weighted by Gasteiger charge is -2.27. The first-order valence-electron chi connectivity index (χ1n) is 7.92. The zero-order chi connectivity index (χ0) is 19.7. The van der Waals surface area contributed by atoms with Crippen molar-refractivity contribution in [3.8, 4) is 11.8 Å². The molecule has 1 aromatic heterocycles. The number of methoxy groups -OCH3 is 2. The van der Waals surface area contributed by atoms with E-state index in [0.29, 0.717) is 16.8 Å². The second kappa shape index (κ2) is 7.17. The quantitative estimate of drug-likeness (QED) is 0.638. The molecule has 0 saturated heterocycles. The Hall–Kier alpha value is -3.24. The second-order valence-corrected chi connectivity index (χ2v) is 6.17. The molecule has 138 valence electrons. The molecular weight excluding hydrogens is 370 g/mol. The number of benzene rings is 1. The van der Waals surface area contributed by atoms with E-state index >= 15 is 0 Å². The van der Waals surface area contributed by atoms with Gasteiger partial charge in [-0.2, -0.15) is 5.26 Å². The molecule has 2 N–H and O–H groups in total. The molecule has 1 atom stereocenters. The highest BCUT2D eigenvalue weighted by molar-refractivity contribution is 6.30. The average Bonchev–Trinajstić information content (AvgIpc) is 2.66. The summed E-state index contributed by atoms with van der Waals surface area (Å²) in [6.07, 6.45) is 0. The normalized spacial score (nSPS) is 16.8. The van der Waals surface area contributed by atoms with Crippen molar-refractivity contribution in [1.29, 1.82) is 5.26 Å². The van der Waals surface area contributed by atoms with E-state index in [-0.39, 0.29) is 27.9 Å². The van der Waals surface area contributed by atoms with E-state index < -0.39 is 11.9 Å². The summed E-state index contributed by atoms with van der Waals surface area (Å²) >= 11 is 6.41. The molecule has 3 rings (SSSR count). The first kappa shape index (κ1) is 18.5. The Morgan fingerprint density at radius 2 is 2.11 bits per heavy atom. The van der Waals surface area contributed by atoms with Crippen LogP contribution >= 0.6 is 11.6 Å². The SMILES string of the molecule is COC(=O)C1=C(C)OC(N)=C(C#N)C1c1cc2cc(OC)ccc2nc1Cl. The average molecular weight is 386 g/mol. The second-order valence-electron chi connectivity index (χ2n) is 5.81. The number of fused-ring (bicyclic) bond motifs is 1. The standard InChI is InChI=1S/C19H16ClN3O4/c1-9-15(19(24)26-3)16(13(8-21)18(22)27-9)12-7-10-6-11(25-2)4-5-14(10)23-17(12)20/h4-7,16H,22H2,1-3H3. The van der Waals surface area contributed by atoms with Gasteiger partial charge in [-0.05, 0) is 31.2 Å². The molecule has 0 aliphatic carbocycles. The molecule has 0 radical (unpaired) electrons. The first-order valence-corrected chi connectivity index (χ1v) is 8.29. The number of ether oxygens (including phenoxy) is 3. The summed E-state index contributed by atoms with van der Waals surface area (Å²) < 4.78 is 15.5. The summed E-state index contributed by atoms with van der Waals surface area (Å²) in [5.74, 6) is -0.703. The minimum Gasteiger partial charge on any atom is -0.497 e. The maximum absolute atomic E-state index is 12.4. The van der Waals surface area contributed by atoms with Gasteiger partial charge in [0.25, 0.3) is 0 Å². The summed E-state index contributed by atoms with van der Waals surface area (Å²) in [5, 5.41) is 10.5. The van der Waals surface area contributed by atoms with Crippen LogP contribution in [0.4, 0.5) is 0 Å². The van der Waals surface area contributed by atoms with Crippen LogP contribution in [0, 0.1) is 11.3 Å². The van der Waals surface area contributed by atoms with Crippen molar-refractivity contribution in [3.63, 3.8) is 0 Å². The van der Waals surface area contributed by atoms with Crippen LogP contribution in [-0.4, -0.2) is 25.2 Å². The summed E-state index contributed by atoms with van der Waals surface area (Å²) in [6.45, 7) is 1.58. The summed E-state index contributed by atoms with van der Waals surface area (Å²) in [6, 6.07) is 9.08. The maximum Gasteiger partial charge on any atom is 0.338 e. The van der Waals surface area contributed by atoms with Crippen molar-refractivity contribution in [3.05, 3.63) is 57.8 Å². The van der Waals surface area contributed by atoms with Gasteiger partial charge < -0.3 is 19.9 Å². The fourth-order valence-electron chi connectivity index (χ4n) is 3.04. The van der Waals surface area contributed by atoms with Gasteiger partial charge in [0, 0.05) is 10.9 Å². The summed E-state index contributed by atoms with van der Waals surface area (Å²) in [5.41, 5.74) is 7.18. The Morgan fingerprint density at radius 3 is 2.74 bits per heavy atom. The van der Waals surface area contributed by atoms with E-state index in [1.54, 1.807) is 38.3 Å². The maximum atomic E-state index is 12.4. The van der Waals surface area contributed by atoms with Gasteiger partial charge in [0.2, 0.25) is 5.88 Å². The van der Waals surface area contributed by atoms with Crippen LogP contribution in [0.15, 0.2) is 47.1 Å². The highest BCUT2D eigenvalue weighted by atomic mass is 35.5. The molecule has 27 heavy (non-hydrogen) atoms. The molecule has 8 heteroatoms. The number of rotatable bonds is 3. The van der Waals surface area contributed by atoms with Crippen molar-refractivity contribution >= 4 is 28.5 Å². The number of nitriles is 1. The zero-order valence-electron chi connectivity index (χ0n) is 14.9. The van der Waals surface area contributed by atoms with Crippen LogP contribution in [0.2, 0.25) is 5.15 Å². The molecule has 1 unspecified atom stereocenters. The minimum atomic E-state index is -0.855. The molecule has 0 spiro atoms. The number of carbonyl (C=O) groups is 1. The Morgan fingerprint density at radius 1 is 1.37 bits per heavy atom. The van der Waals surface area contributed by atoms with Gasteiger partial charge in [0.15, 0.2) is 0 Å². The van der Waals surface area contributed by atoms with E-state index in [1.165, 1.54) is 7.11 Å². The Kier molecular flexibility index (Phi) is 4.93. The third kappa shape index (κ3) is 3.15. The largest absolute Gasteiger partial charge is 0.497 e. The van der Waals surface area contributed by atoms with Gasteiger partial charge in [-0.1, -0.05) is 11.6 Å². The van der Waals surface area contributed by atoms with Gasteiger partial charge in [0.1, 0.15) is 28.3 Å². The molecule has 1 aromatic carbocycles. The van der Waals surface area contributed by atoms with Crippen LogP contribution in [-0.2, 0) is 14.3 Å². The first-order chi connectivity index (χ1) is 12.9. The van der Waals surface area contributed by atoms with Crippen LogP contribution in [0.3, 0.4) is 0 Å². The minimum absolute atomic E-state index is 0.0620. The van der Waals surface area contributed by atoms with E-state index in [9.17, 15) is 10.1 Å². The van der Waals surface area contributed by atoms with E-state index in [4.69, 9.17) is 31.5 Å². The number of hydrogen-bond acceptors (Lipinski definition) is 7. The fourth-order valence-corrected chi connectivity index (χ4v) is 3.30. The van der Waals surface area contributed by atoms with Crippen LogP contribution in [0.1, 0.15) is 18.4 Å². The summed E-state index contributed by atoms with van der Waals surface area (Å²) in [4.78, 5) is 16.8. The fraction of sp³-hybridized carbons (Fsp3) is 0.211.